The highest BCUT2D eigenvalue weighted by Crippen LogP contribution is 2.56. The van der Waals surface area contributed by atoms with Gasteiger partial charge in [0.2, 0.25) is 0 Å². The van der Waals surface area contributed by atoms with Gasteiger partial charge in [0, 0.05) is 11.4 Å². The van der Waals surface area contributed by atoms with Gasteiger partial charge in [0.05, 0.1) is 5.41 Å². The Morgan fingerprint density at radius 3 is 1.67 bits per heavy atom. The Labute approximate surface area is 230 Å². The van der Waals surface area contributed by atoms with Gasteiger partial charge >= 0.3 is 0 Å². The molecule has 0 spiro atoms. The lowest BCUT2D eigenvalue weighted by molar-refractivity contribution is 0.769. The van der Waals surface area contributed by atoms with E-state index >= 15 is 0 Å². The molecule has 0 heterocycles. The number of hydrogen-bond donors (Lipinski definition) is 1. The SMILES string of the molecule is Cc1cccc(Nc2cccc(-c3cccc(C4(c5ccccc5)c5ccccc5-c5ccccc54)c3)c2)c1. The molecule has 1 aliphatic carbocycles. The second-order valence-electron chi connectivity index (χ2n) is 10.4. The lowest BCUT2D eigenvalue weighted by Gasteiger charge is -2.34. The smallest absolute Gasteiger partial charge is 0.0713 e. The van der Waals surface area contributed by atoms with Crippen LogP contribution in [0.15, 0.2) is 152 Å². The van der Waals surface area contributed by atoms with E-state index in [4.69, 9.17) is 0 Å². The van der Waals surface area contributed by atoms with Crippen LogP contribution in [-0.2, 0) is 5.41 Å². The molecule has 1 aliphatic rings. The van der Waals surface area contributed by atoms with E-state index in [9.17, 15) is 0 Å². The Bertz CT molecular complexity index is 1750. The molecular formula is C38H29N. The van der Waals surface area contributed by atoms with E-state index in [0.717, 1.165) is 11.4 Å². The fraction of sp³-hybridized carbons (Fsp3) is 0.0526. The summed E-state index contributed by atoms with van der Waals surface area (Å²) in [6.45, 7) is 2.12. The van der Waals surface area contributed by atoms with Crippen LogP contribution in [0.2, 0.25) is 0 Å². The Balaban J connectivity index is 1.40. The molecule has 6 aromatic rings. The zero-order valence-corrected chi connectivity index (χ0v) is 21.9. The molecule has 39 heavy (non-hydrogen) atoms. The van der Waals surface area contributed by atoms with Gasteiger partial charge in [0.1, 0.15) is 0 Å². The van der Waals surface area contributed by atoms with Crippen molar-refractivity contribution in [2.75, 3.05) is 5.32 Å². The molecule has 0 aliphatic heterocycles. The molecule has 0 unspecified atom stereocenters. The lowest BCUT2D eigenvalue weighted by atomic mass is 9.67. The molecule has 0 fully saturated rings. The maximum atomic E-state index is 3.58. The van der Waals surface area contributed by atoms with Crippen LogP contribution in [0, 0.1) is 6.92 Å². The third-order valence-electron chi connectivity index (χ3n) is 7.96. The van der Waals surface area contributed by atoms with Gasteiger partial charge in [-0.2, -0.15) is 0 Å². The minimum Gasteiger partial charge on any atom is -0.356 e. The van der Waals surface area contributed by atoms with Crippen LogP contribution >= 0.6 is 0 Å². The minimum atomic E-state index is -0.387. The number of rotatable bonds is 5. The van der Waals surface area contributed by atoms with Crippen molar-refractivity contribution in [2.24, 2.45) is 0 Å². The van der Waals surface area contributed by atoms with Crippen molar-refractivity contribution in [3.63, 3.8) is 0 Å². The molecule has 0 amide bonds. The summed E-state index contributed by atoms with van der Waals surface area (Å²) in [5, 5.41) is 3.58. The zero-order valence-electron chi connectivity index (χ0n) is 21.9. The van der Waals surface area contributed by atoms with Crippen LogP contribution in [0.1, 0.15) is 27.8 Å². The topological polar surface area (TPSA) is 12.0 Å². The Morgan fingerprint density at radius 1 is 0.436 bits per heavy atom. The number of fused-ring (bicyclic) bond motifs is 3. The molecule has 0 bridgehead atoms. The average Bonchev–Trinajstić information content (AvgIpc) is 3.29. The van der Waals surface area contributed by atoms with Gasteiger partial charge in [-0.25, -0.2) is 0 Å². The maximum Gasteiger partial charge on any atom is 0.0713 e. The zero-order chi connectivity index (χ0) is 26.2. The molecule has 1 heteroatoms. The molecule has 0 saturated carbocycles. The predicted molar refractivity (Wildman–Crippen MR) is 164 cm³/mol. The first-order chi connectivity index (χ1) is 19.2. The Kier molecular flexibility index (Phi) is 5.64. The van der Waals surface area contributed by atoms with Crippen LogP contribution in [0.25, 0.3) is 22.3 Å². The molecule has 7 rings (SSSR count). The first-order valence-electron chi connectivity index (χ1n) is 13.5. The molecule has 6 aromatic carbocycles. The standard InChI is InChI=1S/C38H29N/c1-27-12-9-18-32(24-27)39-33-19-11-14-29(26-33)28-13-10-17-31(25-28)38(30-15-3-2-4-16-30)36-22-7-5-20-34(36)35-21-6-8-23-37(35)38/h2-26,39H,1H3. The summed E-state index contributed by atoms with van der Waals surface area (Å²) < 4.78 is 0. The van der Waals surface area contributed by atoms with E-state index in [1.807, 2.05) is 0 Å². The van der Waals surface area contributed by atoms with Gasteiger partial charge in [0.15, 0.2) is 0 Å². The van der Waals surface area contributed by atoms with Crippen molar-refractivity contribution in [1.82, 2.24) is 0 Å². The van der Waals surface area contributed by atoms with Crippen LogP contribution in [0.3, 0.4) is 0 Å². The third-order valence-corrected chi connectivity index (χ3v) is 7.96. The van der Waals surface area contributed by atoms with Crippen LogP contribution < -0.4 is 5.32 Å². The summed E-state index contributed by atoms with van der Waals surface area (Å²) in [6.07, 6.45) is 0. The monoisotopic (exact) mass is 499 g/mol. The second kappa shape index (κ2) is 9.45. The summed E-state index contributed by atoms with van der Waals surface area (Å²) in [4.78, 5) is 0. The molecular weight excluding hydrogens is 470 g/mol. The first kappa shape index (κ1) is 23.3. The van der Waals surface area contributed by atoms with Crippen LogP contribution in [0.5, 0.6) is 0 Å². The average molecular weight is 500 g/mol. The summed E-state index contributed by atoms with van der Waals surface area (Å²) in [7, 11) is 0. The fourth-order valence-corrected chi connectivity index (χ4v) is 6.31. The fourth-order valence-electron chi connectivity index (χ4n) is 6.31. The summed E-state index contributed by atoms with van der Waals surface area (Å²) in [5.41, 5.74) is 13.3. The highest BCUT2D eigenvalue weighted by atomic mass is 14.9. The highest BCUT2D eigenvalue weighted by molar-refractivity contribution is 5.86. The quantitative estimate of drug-likeness (QED) is 0.248. The second-order valence-corrected chi connectivity index (χ2v) is 10.4. The molecule has 0 atom stereocenters. The van der Waals surface area contributed by atoms with Gasteiger partial charge in [-0.3, -0.25) is 0 Å². The minimum absolute atomic E-state index is 0.387. The lowest BCUT2D eigenvalue weighted by Crippen LogP contribution is -2.28. The largest absolute Gasteiger partial charge is 0.356 e. The number of aryl methyl sites for hydroxylation is 1. The van der Waals surface area contributed by atoms with E-state index < -0.39 is 0 Å². The highest BCUT2D eigenvalue weighted by Gasteiger charge is 2.45. The maximum absolute atomic E-state index is 3.58. The van der Waals surface area contributed by atoms with Crippen molar-refractivity contribution in [1.29, 1.82) is 0 Å². The Hall–Kier alpha value is -4.88. The normalized spacial score (nSPS) is 12.9. The van der Waals surface area contributed by atoms with E-state index in [2.05, 4.69) is 164 Å². The van der Waals surface area contributed by atoms with Crippen molar-refractivity contribution in [3.8, 4) is 22.3 Å². The molecule has 0 radical (unpaired) electrons. The van der Waals surface area contributed by atoms with Crippen LogP contribution in [-0.4, -0.2) is 0 Å². The molecule has 0 saturated heterocycles. The molecule has 186 valence electrons. The van der Waals surface area contributed by atoms with E-state index in [0.29, 0.717) is 0 Å². The summed E-state index contributed by atoms with van der Waals surface area (Å²) in [6, 6.07) is 55.1. The third kappa shape index (κ3) is 3.86. The molecule has 1 nitrogen and oxygen atoms in total. The van der Waals surface area contributed by atoms with Crippen molar-refractivity contribution < 1.29 is 0 Å². The van der Waals surface area contributed by atoms with Gasteiger partial charge < -0.3 is 5.32 Å². The van der Waals surface area contributed by atoms with Crippen LogP contribution in [0.4, 0.5) is 11.4 Å². The van der Waals surface area contributed by atoms with Gasteiger partial charge in [-0.05, 0) is 87.3 Å². The van der Waals surface area contributed by atoms with E-state index in [1.54, 1.807) is 0 Å². The van der Waals surface area contributed by atoms with Crippen molar-refractivity contribution >= 4 is 11.4 Å². The number of benzene rings is 6. The van der Waals surface area contributed by atoms with Crippen molar-refractivity contribution in [2.45, 2.75) is 12.3 Å². The molecule has 0 aromatic heterocycles. The van der Waals surface area contributed by atoms with Gasteiger partial charge in [-0.1, -0.05) is 121 Å². The number of anilines is 2. The van der Waals surface area contributed by atoms with E-state index in [-0.39, 0.29) is 5.41 Å². The summed E-state index contributed by atoms with van der Waals surface area (Å²) in [5.74, 6) is 0. The first-order valence-corrected chi connectivity index (χ1v) is 13.5. The molecule has 1 N–H and O–H groups in total. The van der Waals surface area contributed by atoms with E-state index in [1.165, 1.54) is 50.1 Å². The number of hydrogen-bond acceptors (Lipinski definition) is 1. The van der Waals surface area contributed by atoms with Gasteiger partial charge in [0.25, 0.3) is 0 Å². The van der Waals surface area contributed by atoms with Crippen molar-refractivity contribution in [3.05, 3.63) is 179 Å². The Morgan fingerprint density at radius 2 is 0.974 bits per heavy atom. The van der Waals surface area contributed by atoms with Gasteiger partial charge in [-0.15, -0.1) is 0 Å². The predicted octanol–water partition coefficient (Wildman–Crippen LogP) is 9.77. The summed E-state index contributed by atoms with van der Waals surface area (Å²) >= 11 is 0. The number of nitrogens with one attached hydrogen (secondary N) is 1.